The molecule has 2 atom stereocenters. The minimum Gasteiger partial charge on any atom is -0.691 e. The van der Waals surface area contributed by atoms with Crippen LogP contribution in [0.2, 0.25) is 0 Å². The first kappa shape index (κ1) is 20.8. The number of hydrogen-bond donors (Lipinski definition) is 1. The van der Waals surface area contributed by atoms with Crippen LogP contribution in [0.1, 0.15) is 38.5 Å². The van der Waals surface area contributed by atoms with Crippen LogP contribution in [0.5, 0.6) is 0 Å². The molecule has 0 saturated heterocycles. The van der Waals surface area contributed by atoms with Crippen LogP contribution in [-0.2, 0) is 18.9 Å². The Bertz CT molecular complexity index is 466. The summed E-state index contributed by atoms with van der Waals surface area (Å²) in [6, 6.07) is 0. The summed E-state index contributed by atoms with van der Waals surface area (Å²) in [4.78, 5) is 11.5. The molecule has 0 amide bonds. The molecular formula is C14H19F2NaO6S. The number of aliphatic hydroxyl groups excluding tert-OH is 1. The van der Waals surface area contributed by atoms with E-state index in [1.54, 1.807) is 0 Å². The van der Waals surface area contributed by atoms with E-state index >= 15 is 0 Å². The van der Waals surface area contributed by atoms with Crippen molar-refractivity contribution in [3.63, 3.8) is 0 Å². The molecule has 0 radical (unpaired) electrons. The van der Waals surface area contributed by atoms with Crippen molar-refractivity contribution in [2.45, 2.75) is 43.8 Å². The molecule has 24 heavy (non-hydrogen) atoms. The predicted octanol–water partition coefficient (Wildman–Crippen LogP) is -1.42. The second-order valence-corrected chi connectivity index (χ2v) is 8.25. The van der Waals surface area contributed by atoms with Crippen molar-refractivity contribution < 1.29 is 67.6 Å². The molecule has 4 aliphatic rings. The van der Waals surface area contributed by atoms with Gasteiger partial charge in [-0.05, 0) is 55.8 Å². The van der Waals surface area contributed by atoms with Gasteiger partial charge in [0.2, 0.25) is 0 Å². The minimum atomic E-state index is -4.00. The summed E-state index contributed by atoms with van der Waals surface area (Å²) in [6.07, 6.45) is 5.44. The quantitative estimate of drug-likeness (QED) is 0.192. The number of esters is 1. The van der Waals surface area contributed by atoms with E-state index in [1.165, 1.54) is 0 Å². The largest absolute Gasteiger partial charge is 1.00 e. The third-order valence-electron chi connectivity index (χ3n) is 5.55. The second kappa shape index (κ2) is 7.64. The Morgan fingerprint density at radius 1 is 1.25 bits per heavy atom. The van der Waals surface area contributed by atoms with Crippen LogP contribution in [0.25, 0.3) is 0 Å². The minimum absolute atomic E-state index is 0. The fourth-order valence-corrected chi connectivity index (χ4v) is 5.64. The van der Waals surface area contributed by atoms with Crippen molar-refractivity contribution >= 4 is 18.0 Å². The number of halogens is 2. The first-order valence-electron chi connectivity index (χ1n) is 7.62. The van der Waals surface area contributed by atoms with Gasteiger partial charge in [0.1, 0.15) is 12.0 Å². The molecule has 2 unspecified atom stereocenters. The van der Waals surface area contributed by atoms with Crippen molar-refractivity contribution in [2.75, 3.05) is 13.2 Å². The maximum atomic E-state index is 13.4. The number of aliphatic hydroxyl groups is 1. The molecule has 1 N–H and O–H groups in total. The van der Waals surface area contributed by atoms with Gasteiger partial charge in [0.25, 0.3) is 0 Å². The summed E-state index contributed by atoms with van der Waals surface area (Å²) in [7, 11) is 0. The van der Waals surface area contributed by atoms with Gasteiger partial charge in [-0.25, -0.2) is 4.79 Å². The summed E-state index contributed by atoms with van der Waals surface area (Å²) in [5.74, 6) is -0.809. The fraction of sp³-hybridized carbons (Fsp3) is 0.929. The molecule has 4 aliphatic carbocycles. The number of carbonyl (C=O) groups is 1. The summed E-state index contributed by atoms with van der Waals surface area (Å²) in [5.41, 5.74) is -0.466. The smallest absolute Gasteiger partial charge is 0.691 e. The monoisotopic (exact) mass is 376 g/mol. The molecule has 0 aromatic rings. The maximum absolute atomic E-state index is 13.4. The first-order chi connectivity index (χ1) is 10.8. The Balaban J connectivity index is 0.00000208. The molecule has 0 aromatic carbocycles. The van der Waals surface area contributed by atoms with E-state index in [0.29, 0.717) is 18.3 Å². The van der Waals surface area contributed by atoms with Gasteiger partial charge < -0.3 is 15.1 Å². The number of rotatable bonds is 7. The van der Waals surface area contributed by atoms with E-state index in [4.69, 9.17) is 4.74 Å². The molecule has 0 spiro atoms. The number of alkyl halides is 2. The number of carbonyl (C=O) groups excluding carboxylic acids is 1. The molecule has 6 nitrogen and oxygen atoms in total. The van der Waals surface area contributed by atoms with E-state index in [9.17, 15) is 23.9 Å². The Kier molecular flexibility index (Phi) is 6.63. The second-order valence-electron chi connectivity index (χ2n) is 7.43. The van der Waals surface area contributed by atoms with Gasteiger partial charge in [-0.15, -0.1) is 0 Å². The van der Waals surface area contributed by atoms with E-state index in [2.05, 4.69) is 9.37 Å². The predicted molar refractivity (Wildman–Crippen MR) is 72.3 cm³/mol. The Labute approximate surface area is 164 Å². The summed E-state index contributed by atoms with van der Waals surface area (Å²) in [5, 5.41) is 18.2. The average molecular weight is 376 g/mol. The SMILES string of the molecule is O=C(OCC12CC3CC(CC(CO)(C3)C1)C2)C(F)(F)SOO[O-].[Na+]. The van der Waals surface area contributed by atoms with E-state index in [-0.39, 0.29) is 53.6 Å². The van der Waals surface area contributed by atoms with Crippen LogP contribution in [0.15, 0.2) is 0 Å². The van der Waals surface area contributed by atoms with Crippen LogP contribution in [0, 0.1) is 22.7 Å². The zero-order valence-corrected chi connectivity index (χ0v) is 16.3. The molecule has 4 saturated carbocycles. The first-order valence-corrected chi connectivity index (χ1v) is 8.36. The van der Waals surface area contributed by atoms with Crippen LogP contribution in [0.4, 0.5) is 8.78 Å². The van der Waals surface area contributed by atoms with Gasteiger partial charge in [0.05, 0.1) is 6.61 Å². The van der Waals surface area contributed by atoms with Crippen LogP contribution < -0.4 is 34.8 Å². The van der Waals surface area contributed by atoms with Crippen molar-refractivity contribution in [2.24, 2.45) is 22.7 Å². The van der Waals surface area contributed by atoms with Crippen molar-refractivity contribution in [3.8, 4) is 0 Å². The van der Waals surface area contributed by atoms with Crippen LogP contribution in [0.3, 0.4) is 0 Å². The number of ether oxygens (including phenoxy) is 1. The van der Waals surface area contributed by atoms with E-state index in [0.717, 1.165) is 32.1 Å². The topological polar surface area (TPSA) is 88.1 Å². The van der Waals surface area contributed by atoms with Gasteiger partial charge in [0, 0.05) is 12.0 Å². The molecule has 132 valence electrons. The van der Waals surface area contributed by atoms with Crippen molar-refractivity contribution in [1.82, 2.24) is 0 Å². The molecule has 4 fully saturated rings. The Hall–Kier alpha value is 0.520. The molecule has 10 heteroatoms. The van der Waals surface area contributed by atoms with Crippen LogP contribution in [-0.4, -0.2) is 29.5 Å². The number of hydrogen-bond acceptors (Lipinski definition) is 7. The van der Waals surface area contributed by atoms with Crippen molar-refractivity contribution in [3.05, 3.63) is 0 Å². The maximum Gasteiger partial charge on any atom is 1.00 e. The standard InChI is InChI=1S/C14H20F2O6S.Na/c15-14(16,23-22-21-19)11(18)20-8-13-4-9-1-10(5-13)3-12(2-9,6-13)7-17;/h9-10,17,19H,1-8H2;/q;+1/p-1. The molecule has 0 heterocycles. The molecular weight excluding hydrogens is 357 g/mol. The van der Waals surface area contributed by atoms with Gasteiger partial charge in [-0.3, -0.25) is 5.04 Å². The zero-order valence-electron chi connectivity index (χ0n) is 13.5. The summed E-state index contributed by atoms with van der Waals surface area (Å²) < 4.78 is 35.2. The van der Waals surface area contributed by atoms with Gasteiger partial charge in [0.15, 0.2) is 0 Å². The van der Waals surface area contributed by atoms with E-state index in [1.807, 2.05) is 0 Å². The Morgan fingerprint density at radius 2 is 1.83 bits per heavy atom. The third kappa shape index (κ3) is 4.09. The summed E-state index contributed by atoms with van der Waals surface area (Å²) >= 11 is -0.675. The normalized spacial score (nSPS) is 37.2. The molecule has 4 bridgehead atoms. The third-order valence-corrected chi connectivity index (χ3v) is 6.05. The molecule has 0 aliphatic heterocycles. The molecule has 4 rings (SSSR count). The van der Waals surface area contributed by atoms with Crippen molar-refractivity contribution in [1.29, 1.82) is 0 Å². The Morgan fingerprint density at radius 3 is 2.38 bits per heavy atom. The van der Waals surface area contributed by atoms with Gasteiger partial charge in [-0.2, -0.15) is 13.1 Å². The van der Waals surface area contributed by atoms with Gasteiger partial charge in [-0.1, -0.05) is 0 Å². The molecule has 0 aromatic heterocycles. The average Bonchev–Trinajstić information content (AvgIpc) is 2.49. The zero-order chi connectivity index (χ0) is 16.7. The fourth-order valence-electron chi connectivity index (χ4n) is 5.40. The van der Waals surface area contributed by atoms with Gasteiger partial charge >= 0.3 is 40.8 Å². The van der Waals surface area contributed by atoms with E-state index < -0.39 is 23.3 Å². The summed E-state index contributed by atoms with van der Waals surface area (Å²) in [6.45, 7) is 0.00531. The van der Waals surface area contributed by atoms with Crippen LogP contribution >= 0.6 is 12.0 Å².